The summed E-state index contributed by atoms with van der Waals surface area (Å²) < 4.78 is 5.92. The summed E-state index contributed by atoms with van der Waals surface area (Å²) in [5.41, 5.74) is 6.44. The van der Waals surface area contributed by atoms with Crippen LogP contribution in [0.3, 0.4) is 0 Å². The van der Waals surface area contributed by atoms with Gasteiger partial charge < -0.3 is 20.7 Å². The first kappa shape index (κ1) is 36.4. The SMILES string of the molecule is Cc1ccc(NC(=O)C(Sc2cccc(NC(=O)/C(=C\c3ccc(OCc4ccccc4)cc3)NC(=O)c3ccccc3)c2)c2ccccc2)c(C)c1. The van der Waals surface area contributed by atoms with Gasteiger partial charge in [-0.1, -0.05) is 115 Å². The first-order chi connectivity index (χ1) is 25.8. The quantitative estimate of drug-likeness (QED) is 0.0817. The Hall–Kier alpha value is -6.38. The van der Waals surface area contributed by atoms with Gasteiger partial charge in [0.05, 0.1) is 0 Å². The molecule has 0 aliphatic carbocycles. The number of nitrogens with one attached hydrogen (secondary N) is 3. The Balaban J connectivity index is 1.21. The van der Waals surface area contributed by atoms with Crippen LogP contribution >= 0.6 is 11.8 Å². The van der Waals surface area contributed by atoms with E-state index < -0.39 is 17.1 Å². The lowest BCUT2D eigenvalue weighted by atomic mass is 10.1. The summed E-state index contributed by atoms with van der Waals surface area (Å²) in [6.45, 7) is 4.42. The number of benzene rings is 6. The van der Waals surface area contributed by atoms with Crippen LogP contribution in [0.2, 0.25) is 0 Å². The molecule has 0 spiro atoms. The highest BCUT2D eigenvalue weighted by Crippen LogP contribution is 2.37. The van der Waals surface area contributed by atoms with Crippen molar-refractivity contribution in [1.82, 2.24) is 5.32 Å². The van der Waals surface area contributed by atoms with Crippen LogP contribution in [0.5, 0.6) is 5.75 Å². The fraction of sp³-hybridized carbons (Fsp3) is 0.0889. The summed E-state index contributed by atoms with van der Waals surface area (Å²) in [5, 5.41) is 8.28. The van der Waals surface area contributed by atoms with Crippen LogP contribution in [0.4, 0.5) is 11.4 Å². The Morgan fingerprint density at radius 2 is 1.38 bits per heavy atom. The number of ether oxygens (including phenoxy) is 1. The minimum atomic E-state index is -0.567. The fourth-order valence-corrected chi connectivity index (χ4v) is 6.63. The predicted octanol–water partition coefficient (Wildman–Crippen LogP) is 9.76. The van der Waals surface area contributed by atoms with Gasteiger partial charge in [-0.15, -0.1) is 11.8 Å². The molecular weight excluding hydrogens is 679 g/mol. The van der Waals surface area contributed by atoms with Gasteiger partial charge in [-0.2, -0.15) is 0 Å². The van der Waals surface area contributed by atoms with Crippen molar-refractivity contribution in [3.8, 4) is 5.75 Å². The zero-order valence-corrected chi connectivity index (χ0v) is 30.2. The summed E-state index contributed by atoms with van der Waals surface area (Å²) in [4.78, 5) is 41.6. The highest BCUT2D eigenvalue weighted by Gasteiger charge is 2.23. The van der Waals surface area contributed by atoms with E-state index in [0.717, 1.165) is 32.8 Å². The summed E-state index contributed by atoms with van der Waals surface area (Å²) in [7, 11) is 0. The molecular formula is C45H39N3O4S. The van der Waals surface area contributed by atoms with E-state index in [1.54, 1.807) is 36.4 Å². The van der Waals surface area contributed by atoms with E-state index in [2.05, 4.69) is 16.0 Å². The monoisotopic (exact) mass is 717 g/mol. The maximum atomic E-state index is 13.8. The number of rotatable bonds is 13. The van der Waals surface area contributed by atoms with Crippen molar-refractivity contribution in [1.29, 1.82) is 0 Å². The van der Waals surface area contributed by atoms with Gasteiger partial charge in [0, 0.05) is 21.8 Å². The van der Waals surface area contributed by atoms with Crippen LogP contribution in [-0.4, -0.2) is 17.7 Å². The molecule has 0 aliphatic heterocycles. The van der Waals surface area contributed by atoms with Gasteiger partial charge in [0.25, 0.3) is 11.8 Å². The molecule has 0 heterocycles. The molecule has 1 unspecified atom stereocenters. The Bertz CT molecular complexity index is 2210. The van der Waals surface area contributed by atoms with E-state index in [4.69, 9.17) is 4.74 Å². The second-order valence-electron chi connectivity index (χ2n) is 12.4. The molecule has 0 radical (unpaired) electrons. The summed E-state index contributed by atoms with van der Waals surface area (Å²) in [6.07, 6.45) is 1.62. The normalized spacial score (nSPS) is 11.6. The van der Waals surface area contributed by atoms with Gasteiger partial charge in [0.2, 0.25) is 5.91 Å². The van der Waals surface area contributed by atoms with Crippen LogP contribution in [0.1, 0.15) is 43.4 Å². The zero-order chi connectivity index (χ0) is 37.0. The highest BCUT2D eigenvalue weighted by molar-refractivity contribution is 8.00. The lowest BCUT2D eigenvalue weighted by Crippen LogP contribution is -2.30. The molecule has 53 heavy (non-hydrogen) atoms. The van der Waals surface area contributed by atoms with Crippen LogP contribution in [-0.2, 0) is 16.2 Å². The van der Waals surface area contributed by atoms with Gasteiger partial charge in [-0.3, -0.25) is 14.4 Å². The van der Waals surface area contributed by atoms with Crippen molar-refractivity contribution in [2.45, 2.75) is 30.6 Å². The first-order valence-corrected chi connectivity index (χ1v) is 18.0. The Morgan fingerprint density at radius 1 is 0.698 bits per heavy atom. The summed E-state index contributed by atoms with van der Waals surface area (Å²) >= 11 is 1.38. The molecule has 0 saturated heterocycles. The minimum absolute atomic E-state index is 0.0601. The lowest BCUT2D eigenvalue weighted by molar-refractivity contribution is -0.116. The molecule has 1 atom stereocenters. The first-order valence-electron chi connectivity index (χ1n) is 17.2. The van der Waals surface area contributed by atoms with E-state index >= 15 is 0 Å². The van der Waals surface area contributed by atoms with Gasteiger partial charge in [0.15, 0.2) is 0 Å². The third kappa shape index (κ3) is 10.3. The van der Waals surface area contributed by atoms with E-state index in [0.29, 0.717) is 29.2 Å². The molecule has 3 N–H and O–H groups in total. The van der Waals surface area contributed by atoms with Gasteiger partial charge in [-0.25, -0.2) is 0 Å². The van der Waals surface area contributed by atoms with Crippen molar-refractivity contribution >= 4 is 46.9 Å². The number of carbonyl (C=O) groups is 3. The van der Waals surface area contributed by atoms with E-state index in [9.17, 15) is 14.4 Å². The second-order valence-corrected chi connectivity index (χ2v) is 13.6. The van der Waals surface area contributed by atoms with Gasteiger partial charge in [0.1, 0.15) is 23.3 Å². The van der Waals surface area contributed by atoms with E-state index in [1.165, 1.54) is 11.8 Å². The van der Waals surface area contributed by atoms with Gasteiger partial charge >= 0.3 is 0 Å². The smallest absolute Gasteiger partial charge is 0.272 e. The number of hydrogen-bond acceptors (Lipinski definition) is 5. The van der Waals surface area contributed by atoms with Crippen LogP contribution in [0.15, 0.2) is 168 Å². The number of aryl methyl sites for hydroxylation is 2. The van der Waals surface area contributed by atoms with E-state index in [-0.39, 0.29) is 11.6 Å². The summed E-state index contributed by atoms with van der Waals surface area (Å²) in [6, 6.07) is 48.7. The molecule has 6 aromatic carbocycles. The molecule has 0 aliphatic rings. The average Bonchev–Trinajstić information content (AvgIpc) is 3.18. The van der Waals surface area contributed by atoms with Crippen molar-refractivity contribution < 1.29 is 19.1 Å². The number of hydrogen-bond donors (Lipinski definition) is 3. The zero-order valence-electron chi connectivity index (χ0n) is 29.4. The molecule has 3 amide bonds. The highest BCUT2D eigenvalue weighted by atomic mass is 32.2. The largest absolute Gasteiger partial charge is 0.489 e. The number of anilines is 2. The third-order valence-corrected chi connectivity index (χ3v) is 9.54. The Morgan fingerprint density at radius 3 is 2.08 bits per heavy atom. The lowest BCUT2D eigenvalue weighted by Gasteiger charge is -2.19. The molecule has 0 bridgehead atoms. The molecule has 6 aromatic rings. The predicted molar refractivity (Wildman–Crippen MR) is 214 cm³/mol. The number of thioether (sulfide) groups is 1. The van der Waals surface area contributed by atoms with Crippen LogP contribution < -0.4 is 20.7 Å². The van der Waals surface area contributed by atoms with Crippen LogP contribution in [0, 0.1) is 13.8 Å². The van der Waals surface area contributed by atoms with E-state index in [1.807, 2.05) is 141 Å². The maximum absolute atomic E-state index is 13.8. The Kier molecular flexibility index (Phi) is 12.2. The van der Waals surface area contributed by atoms with Crippen molar-refractivity contribution in [2.24, 2.45) is 0 Å². The van der Waals surface area contributed by atoms with Crippen molar-refractivity contribution in [2.75, 3.05) is 10.6 Å². The maximum Gasteiger partial charge on any atom is 0.272 e. The molecule has 264 valence electrons. The van der Waals surface area contributed by atoms with Crippen molar-refractivity contribution in [3.63, 3.8) is 0 Å². The average molecular weight is 718 g/mol. The summed E-state index contributed by atoms with van der Waals surface area (Å²) in [5.74, 6) is -0.406. The minimum Gasteiger partial charge on any atom is -0.489 e. The number of amides is 3. The molecule has 8 heteroatoms. The number of carbonyl (C=O) groups excluding carboxylic acids is 3. The molecule has 6 rings (SSSR count). The molecule has 0 fully saturated rings. The topological polar surface area (TPSA) is 96.5 Å². The van der Waals surface area contributed by atoms with Crippen LogP contribution in [0.25, 0.3) is 6.08 Å². The third-order valence-electron chi connectivity index (χ3n) is 8.29. The van der Waals surface area contributed by atoms with Gasteiger partial charge in [-0.05, 0) is 90.7 Å². The molecule has 7 nitrogen and oxygen atoms in total. The molecule has 0 aromatic heterocycles. The Labute approximate surface area is 314 Å². The van der Waals surface area contributed by atoms with Crippen molar-refractivity contribution in [3.05, 3.63) is 197 Å². The standard InChI is InChI=1S/C45H39N3O4S/c1-31-21-26-40(32(2)27-31)47-45(51)42(35-15-8-4-9-16-35)53-39-20-12-19-37(29-39)46-44(50)41(48-43(49)36-17-10-5-11-18-36)28-33-22-24-38(25-23-33)52-30-34-13-6-3-7-14-34/h3-29,42H,30H2,1-2H3,(H,46,50)(H,47,51)(H,48,49)/b41-28+. The fourth-order valence-electron chi connectivity index (χ4n) is 5.54. The molecule has 0 saturated carbocycles. The second kappa shape index (κ2) is 17.7.